The van der Waals surface area contributed by atoms with E-state index in [-0.39, 0.29) is 5.91 Å². The fourth-order valence-corrected chi connectivity index (χ4v) is 1.35. The van der Waals surface area contributed by atoms with E-state index >= 15 is 0 Å². The van der Waals surface area contributed by atoms with Crippen LogP contribution in [0.1, 0.15) is 6.92 Å². The van der Waals surface area contributed by atoms with Crippen LogP contribution in [-0.4, -0.2) is 55.2 Å². The average Bonchev–Trinajstić information content (AvgIpc) is 2.17. The van der Waals surface area contributed by atoms with E-state index in [1.54, 1.807) is 18.1 Å². The van der Waals surface area contributed by atoms with Gasteiger partial charge in [-0.1, -0.05) is 0 Å². The maximum atomic E-state index is 11.5. The van der Waals surface area contributed by atoms with Crippen LogP contribution >= 0.6 is 0 Å². The summed E-state index contributed by atoms with van der Waals surface area (Å²) in [5.74, 6) is -0.702. The lowest BCUT2D eigenvalue weighted by atomic mass is 10.1. The van der Waals surface area contributed by atoms with Crippen LogP contribution in [0.15, 0.2) is 0 Å². The first kappa shape index (κ1) is 10.2. The van der Waals surface area contributed by atoms with Gasteiger partial charge in [0.25, 0.3) is 0 Å². The Labute approximate surface area is 78.5 Å². The lowest BCUT2D eigenvalue weighted by molar-refractivity contribution is -0.134. The van der Waals surface area contributed by atoms with Gasteiger partial charge < -0.3 is 9.80 Å². The molecule has 13 heavy (non-hydrogen) atoms. The van der Waals surface area contributed by atoms with Gasteiger partial charge in [-0.15, -0.1) is 0 Å². The molecule has 0 aliphatic carbocycles. The molecule has 1 radical (unpaired) electrons. The Balaban J connectivity index is 2.44. The predicted molar refractivity (Wildman–Crippen MR) is 48.9 cm³/mol. The predicted octanol–water partition coefficient (Wildman–Crippen LogP) is -0.494. The highest BCUT2D eigenvalue weighted by Gasteiger charge is 2.23. The van der Waals surface area contributed by atoms with Gasteiger partial charge >= 0.3 is 0 Å². The fraction of sp³-hybridized carbons (Fsp3) is 0.778. The molecule has 0 aromatic heterocycles. The highest BCUT2D eigenvalue weighted by atomic mass is 16.2. The van der Waals surface area contributed by atoms with Crippen LogP contribution in [0.3, 0.4) is 0 Å². The molecule has 1 saturated heterocycles. The summed E-state index contributed by atoms with van der Waals surface area (Å²) >= 11 is 0. The van der Waals surface area contributed by atoms with Gasteiger partial charge in [0.2, 0.25) is 12.2 Å². The molecule has 0 N–H and O–H groups in total. The first-order valence-electron chi connectivity index (χ1n) is 4.50. The minimum Gasteiger partial charge on any atom is -0.340 e. The van der Waals surface area contributed by atoms with Gasteiger partial charge in [0, 0.05) is 26.2 Å². The van der Waals surface area contributed by atoms with E-state index in [1.807, 2.05) is 7.05 Å². The van der Waals surface area contributed by atoms with Gasteiger partial charge in [-0.2, -0.15) is 0 Å². The summed E-state index contributed by atoms with van der Waals surface area (Å²) in [6, 6.07) is 0. The van der Waals surface area contributed by atoms with Crippen LogP contribution in [0.5, 0.6) is 0 Å². The Bertz CT molecular complexity index is 198. The quantitative estimate of drug-likeness (QED) is 0.542. The normalized spacial score (nSPS) is 21.2. The SMILES string of the molecule is CC([C]=O)C(=O)N1CCN(C)CC1. The molecular weight excluding hydrogens is 168 g/mol. The Morgan fingerprint density at radius 2 is 1.85 bits per heavy atom. The molecule has 0 spiro atoms. The Kier molecular flexibility index (Phi) is 3.42. The van der Waals surface area contributed by atoms with Gasteiger partial charge in [-0.05, 0) is 14.0 Å². The number of carbonyl (C=O) groups excluding carboxylic acids is 2. The second kappa shape index (κ2) is 4.37. The van der Waals surface area contributed by atoms with Gasteiger partial charge in [0.05, 0.1) is 0 Å². The minimum atomic E-state index is -0.608. The van der Waals surface area contributed by atoms with Crippen molar-refractivity contribution in [2.24, 2.45) is 5.92 Å². The van der Waals surface area contributed by atoms with Gasteiger partial charge in [-0.3, -0.25) is 9.59 Å². The molecule has 4 heteroatoms. The van der Waals surface area contributed by atoms with Crippen molar-refractivity contribution in [3.63, 3.8) is 0 Å². The van der Waals surface area contributed by atoms with E-state index in [9.17, 15) is 9.59 Å². The van der Waals surface area contributed by atoms with Crippen LogP contribution in [0.4, 0.5) is 0 Å². The summed E-state index contributed by atoms with van der Waals surface area (Å²) in [5.41, 5.74) is 0. The average molecular weight is 183 g/mol. The Hall–Kier alpha value is -0.900. The third kappa shape index (κ3) is 2.52. The standard InChI is InChI=1S/C9H15N2O2/c1-8(7-12)9(13)11-5-3-10(2)4-6-11/h8H,3-6H2,1-2H3. The molecule has 1 heterocycles. The molecule has 1 unspecified atom stereocenters. The largest absolute Gasteiger partial charge is 0.340 e. The first-order chi connectivity index (χ1) is 6.15. The van der Waals surface area contributed by atoms with E-state index in [1.165, 1.54) is 0 Å². The van der Waals surface area contributed by atoms with Crippen LogP contribution < -0.4 is 0 Å². The summed E-state index contributed by atoms with van der Waals surface area (Å²) in [7, 11) is 2.02. The lowest BCUT2D eigenvalue weighted by Crippen LogP contribution is -2.48. The highest BCUT2D eigenvalue weighted by molar-refractivity contribution is 5.91. The maximum absolute atomic E-state index is 11.5. The Morgan fingerprint density at radius 3 is 2.31 bits per heavy atom. The lowest BCUT2D eigenvalue weighted by Gasteiger charge is -2.33. The number of carbonyl (C=O) groups is 1. The van der Waals surface area contributed by atoms with Gasteiger partial charge in [0.1, 0.15) is 5.92 Å². The van der Waals surface area contributed by atoms with Crippen molar-refractivity contribution in [3.8, 4) is 0 Å². The molecule has 0 aromatic rings. The second-order valence-electron chi connectivity index (χ2n) is 3.47. The van der Waals surface area contributed by atoms with Gasteiger partial charge in [0.15, 0.2) is 0 Å². The monoisotopic (exact) mass is 183 g/mol. The van der Waals surface area contributed by atoms with Crippen LogP contribution in [0.2, 0.25) is 0 Å². The highest BCUT2D eigenvalue weighted by Crippen LogP contribution is 2.04. The van der Waals surface area contributed by atoms with E-state index in [4.69, 9.17) is 0 Å². The third-order valence-corrected chi connectivity index (χ3v) is 2.36. The van der Waals surface area contributed by atoms with Gasteiger partial charge in [-0.25, -0.2) is 0 Å². The van der Waals surface area contributed by atoms with E-state index < -0.39 is 5.92 Å². The maximum Gasteiger partial charge on any atom is 0.233 e. The number of amides is 1. The smallest absolute Gasteiger partial charge is 0.233 e. The molecule has 4 nitrogen and oxygen atoms in total. The molecule has 73 valence electrons. The zero-order valence-electron chi connectivity index (χ0n) is 8.12. The molecule has 0 saturated carbocycles. The molecular formula is C9H15N2O2. The fourth-order valence-electron chi connectivity index (χ4n) is 1.35. The number of nitrogens with zero attached hydrogens (tertiary/aromatic N) is 2. The topological polar surface area (TPSA) is 40.6 Å². The zero-order valence-corrected chi connectivity index (χ0v) is 8.12. The molecule has 0 aromatic carbocycles. The summed E-state index contributed by atoms with van der Waals surface area (Å²) in [4.78, 5) is 25.6. The molecule has 1 amide bonds. The van der Waals surface area contributed by atoms with Crippen molar-refractivity contribution in [1.82, 2.24) is 9.80 Å². The summed E-state index contributed by atoms with van der Waals surface area (Å²) in [6.07, 6.45) is 1.72. The van der Waals surface area contributed by atoms with Crippen molar-refractivity contribution in [3.05, 3.63) is 0 Å². The summed E-state index contributed by atoms with van der Waals surface area (Å²) < 4.78 is 0. The van der Waals surface area contributed by atoms with E-state index in [0.29, 0.717) is 0 Å². The number of piperazine rings is 1. The second-order valence-corrected chi connectivity index (χ2v) is 3.47. The van der Waals surface area contributed by atoms with E-state index in [2.05, 4.69) is 4.90 Å². The Morgan fingerprint density at radius 1 is 1.31 bits per heavy atom. The summed E-state index contributed by atoms with van der Waals surface area (Å²) in [5, 5.41) is 0. The number of hydrogen-bond donors (Lipinski definition) is 0. The van der Waals surface area contributed by atoms with Crippen molar-refractivity contribution in [1.29, 1.82) is 0 Å². The minimum absolute atomic E-state index is 0.0944. The molecule has 1 rings (SSSR count). The molecule has 1 fully saturated rings. The number of hydrogen-bond acceptors (Lipinski definition) is 3. The first-order valence-corrected chi connectivity index (χ1v) is 4.50. The summed E-state index contributed by atoms with van der Waals surface area (Å²) in [6.45, 7) is 4.81. The van der Waals surface area contributed by atoms with Crippen LogP contribution in [0, 0.1) is 5.92 Å². The van der Waals surface area contributed by atoms with Crippen LogP contribution in [-0.2, 0) is 9.59 Å². The van der Waals surface area contributed by atoms with Crippen molar-refractivity contribution >= 4 is 12.2 Å². The van der Waals surface area contributed by atoms with Crippen LogP contribution in [0.25, 0.3) is 0 Å². The molecule has 1 aliphatic rings. The molecule has 1 aliphatic heterocycles. The zero-order chi connectivity index (χ0) is 9.84. The third-order valence-electron chi connectivity index (χ3n) is 2.36. The molecule has 1 atom stereocenters. The van der Waals surface area contributed by atoms with E-state index in [0.717, 1.165) is 26.2 Å². The van der Waals surface area contributed by atoms with Crippen molar-refractivity contribution in [2.75, 3.05) is 33.2 Å². The van der Waals surface area contributed by atoms with Crippen molar-refractivity contribution < 1.29 is 9.59 Å². The van der Waals surface area contributed by atoms with Crippen molar-refractivity contribution in [2.45, 2.75) is 6.92 Å². The number of rotatable bonds is 2. The number of likely N-dealkylation sites (N-methyl/N-ethyl adjacent to an activating group) is 1. The molecule has 0 bridgehead atoms.